The lowest BCUT2D eigenvalue weighted by atomic mass is 10.0. The van der Waals surface area contributed by atoms with E-state index in [-0.39, 0.29) is 11.5 Å². The lowest BCUT2D eigenvalue weighted by molar-refractivity contribution is 0.104. The molecule has 2 aromatic heterocycles. The Labute approximate surface area is 103 Å². The molecule has 0 saturated heterocycles. The van der Waals surface area contributed by atoms with Crippen LogP contribution in [-0.4, -0.2) is 20.9 Å². The first-order valence-electron chi connectivity index (χ1n) is 5.51. The van der Waals surface area contributed by atoms with Gasteiger partial charge in [0, 0.05) is 28.9 Å². The lowest BCUT2D eigenvalue weighted by Crippen LogP contribution is -1.99. The summed E-state index contributed by atoms with van der Waals surface area (Å²) < 4.78 is 0. The highest BCUT2D eigenvalue weighted by molar-refractivity contribution is 6.15. The van der Waals surface area contributed by atoms with Gasteiger partial charge in [-0.15, -0.1) is 0 Å². The number of nitrogens with one attached hydrogen (secondary N) is 1. The number of phenols is 1. The number of aromatic amines is 1. The van der Waals surface area contributed by atoms with Crippen molar-refractivity contribution in [1.29, 1.82) is 0 Å². The molecule has 0 atom stereocenters. The summed E-state index contributed by atoms with van der Waals surface area (Å²) in [5.74, 6) is 0.0568. The maximum Gasteiger partial charge on any atom is 0.195 e. The van der Waals surface area contributed by atoms with Crippen LogP contribution < -0.4 is 0 Å². The van der Waals surface area contributed by atoms with E-state index in [1.165, 1.54) is 12.1 Å². The van der Waals surface area contributed by atoms with Gasteiger partial charge in [0.15, 0.2) is 5.78 Å². The number of aromatic nitrogens is 2. The van der Waals surface area contributed by atoms with Crippen LogP contribution in [0.5, 0.6) is 5.75 Å². The monoisotopic (exact) mass is 238 g/mol. The zero-order valence-corrected chi connectivity index (χ0v) is 9.42. The highest BCUT2D eigenvalue weighted by Crippen LogP contribution is 2.20. The molecule has 3 rings (SSSR count). The van der Waals surface area contributed by atoms with Gasteiger partial charge in [0.1, 0.15) is 11.4 Å². The van der Waals surface area contributed by atoms with Crippen LogP contribution >= 0.6 is 0 Å². The van der Waals surface area contributed by atoms with Crippen molar-refractivity contribution in [3.8, 4) is 5.75 Å². The first kappa shape index (κ1) is 10.5. The van der Waals surface area contributed by atoms with Crippen LogP contribution in [0, 0.1) is 0 Å². The molecule has 0 fully saturated rings. The second-order valence-electron chi connectivity index (χ2n) is 3.98. The maximum absolute atomic E-state index is 12.3. The van der Waals surface area contributed by atoms with E-state index in [1.807, 2.05) is 6.07 Å². The second-order valence-corrected chi connectivity index (χ2v) is 3.98. The predicted octanol–water partition coefficient (Wildman–Crippen LogP) is 2.50. The van der Waals surface area contributed by atoms with Crippen molar-refractivity contribution in [2.45, 2.75) is 0 Å². The highest BCUT2D eigenvalue weighted by Gasteiger charge is 2.14. The summed E-state index contributed by atoms with van der Waals surface area (Å²) in [5, 5.41) is 10.0. The molecule has 0 spiro atoms. The van der Waals surface area contributed by atoms with E-state index in [1.54, 1.807) is 30.6 Å². The van der Waals surface area contributed by atoms with Gasteiger partial charge < -0.3 is 10.1 Å². The van der Waals surface area contributed by atoms with Gasteiger partial charge in [-0.25, -0.2) is 4.98 Å². The smallest absolute Gasteiger partial charge is 0.195 e. The van der Waals surface area contributed by atoms with Crippen molar-refractivity contribution in [3.63, 3.8) is 0 Å². The topological polar surface area (TPSA) is 66.0 Å². The van der Waals surface area contributed by atoms with E-state index in [2.05, 4.69) is 9.97 Å². The molecular weight excluding hydrogens is 228 g/mol. The van der Waals surface area contributed by atoms with Gasteiger partial charge in [-0.05, 0) is 36.4 Å². The predicted molar refractivity (Wildman–Crippen MR) is 67.6 cm³/mol. The molecule has 2 heterocycles. The molecule has 0 unspecified atom stereocenters. The van der Waals surface area contributed by atoms with Gasteiger partial charge in [0.05, 0.1) is 0 Å². The molecule has 0 aliphatic heterocycles. The Balaban J connectivity index is 2.09. The van der Waals surface area contributed by atoms with Crippen LogP contribution in [0.25, 0.3) is 11.0 Å². The Kier molecular flexibility index (Phi) is 2.34. The highest BCUT2D eigenvalue weighted by atomic mass is 16.3. The number of hydrogen-bond acceptors (Lipinski definition) is 3. The fourth-order valence-electron chi connectivity index (χ4n) is 1.91. The molecule has 0 radical (unpaired) electrons. The number of nitrogens with zero attached hydrogens (tertiary/aromatic N) is 1. The number of carbonyl (C=O) groups is 1. The van der Waals surface area contributed by atoms with Crippen LogP contribution in [0.4, 0.5) is 0 Å². The maximum atomic E-state index is 12.3. The molecule has 0 aliphatic carbocycles. The van der Waals surface area contributed by atoms with Gasteiger partial charge in [0.25, 0.3) is 0 Å². The number of ketones is 1. The molecule has 4 nitrogen and oxygen atoms in total. The third kappa shape index (κ3) is 1.64. The Morgan fingerprint density at radius 1 is 1.17 bits per heavy atom. The molecule has 4 heteroatoms. The molecule has 88 valence electrons. The van der Waals surface area contributed by atoms with Gasteiger partial charge in [0.2, 0.25) is 0 Å². The third-order valence-corrected chi connectivity index (χ3v) is 2.83. The van der Waals surface area contributed by atoms with E-state index in [9.17, 15) is 9.90 Å². The van der Waals surface area contributed by atoms with Gasteiger partial charge in [-0.2, -0.15) is 0 Å². The van der Waals surface area contributed by atoms with Gasteiger partial charge in [-0.1, -0.05) is 0 Å². The number of H-pyrrole nitrogens is 1. The fraction of sp³-hybridized carbons (Fsp3) is 0. The SMILES string of the molecule is O=C(c1ccc(O)cc1)c1c[nH]c2ncccc12. The largest absolute Gasteiger partial charge is 0.508 e. The van der Waals surface area contributed by atoms with Crippen LogP contribution in [0.2, 0.25) is 0 Å². The average Bonchev–Trinajstić information content (AvgIpc) is 2.82. The minimum Gasteiger partial charge on any atom is -0.508 e. The number of pyridine rings is 1. The summed E-state index contributed by atoms with van der Waals surface area (Å²) in [5.41, 5.74) is 1.82. The van der Waals surface area contributed by atoms with Gasteiger partial charge in [-0.3, -0.25) is 4.79 Å². The van der Waals surface area contributed by atoms with Crippen molar-refractivity contribution in [1.82, 2.24) is 9.97 Å². The van der Waals surface area contributed by atoms with Crippen molar-refractivity contribution in [3.05, 3.63) is 59.9 Å². The third-order valence-electron chi connectivity index (χ3n) is 2.83. The summed E-state index contributed by atoms with van der Waals surface area (Å²) in [6, 6.07) is 9.86. The van der Waals surface area contributed by atoms with Crippen LogP contribution in [0.1, 0.15) is 15.9 Å². The lowest BCUT2D eigenvalue weighted by Gasteiger charge is -1.99. The standard InChI is InChI=1S/C14H10N2O2/c17-10-5-3-9(4-6-10)13(18)12-8-16-14-11(12)2-1-7-15-14/h1-8,17H,(H,15,16). The Morgan fingerprint density at radius 2 is 1.94 bits per heavy atom. The second kappa shape index (κ2) is 4.00. The van der Waals surface area contributed by atoms with E-state index < -0.39 is 0 Å². The summed E-state index contributed by atoms with van der Waals surface area (Å²) in [6.45, 7) is 0. The van der Waals surface area contributed by atoms with E-state index in [0.717, 1.165) is 5.39 Å². The number of rotatable bonds is 2. The van der Waals surface area contributed by atoms with Crippen LogP contribution in [-0.2, 0) is 0 Å². The van der Waals surface area contributed by atoms with Crippen LogP contribution in [0.15, 0.2) is 48.8 Å². The van der Waals surface area contributed by atoms with Crippen molar-refractivity contribution < 1.29 is 9.90 Å². The zero-order chi connectivity index (χ0) is 12.5. The minimum absolute atomic E-state index is 0.0887. The van der Waals surface area contributed by atoms with Crippen molar-refractivity contribution in [2.24, 2.45) is 0 Å². The Bertz CT molecular complexity index is 714. The molecular formula is C14H10N2O2. The molecule has 0 bridgehead atoms. The van der Waals surface area contributed by atoms with E-state index in [4.69, 9.17) is 0 Å². The normalized spacial score (nSPS) is 10.7. The number of hydrogen-bond donors (Lipinski definition) is 2. The molecule has 0 aliphatic rings. The van der Waals surface area contributed by atoms with E-state index in [0.29, 0.717) is 16.8 Å². The number of benzene rings is 1. The Hall–Kier alpha value is -2.62. The zero-order valence-electron chi connectivity index (χ0n) is 9.42. The van der Waals surface area contributed by atoms with E-state index >= 15 is 0 Å². The summed E-state index contributed by atoms with van der Waals surface area (Å²) >= 11 is 0. The molecule has 0 saturated carbocycles. The van der Waals surface area contributed by atoms with Crippen molar-refractivity contribution >= 4 is 16.8 Å². The minimum atomic E-state index is -0.0887. The molecule has 18 heavy (non-hydrogen) atoms. The first-order chi connectivity index (χ1) is 8.75. The summed E-state index contributed by atoms with van der Waals surface area (Å²) in [4.78, 5) is 19.4. The average molecular weight is 238 g/mol. The summed E-state index contributed by atoms with van der Waals surface area (Å²) in [7, 11) is 0. The number of phenolic OH excluding ortho intramolecular Hbond substituents is 1. The molecule has 3 aromatic rings. The number of aromatic hydroxyl groups is 1. The molecule has 2 N–H and O–H groups in total. The fourth-order valence-corrected chi connectivity index (χ4v) is 1.91. The molecule has 0 amide bonds. The van der Waals surface area contributed by atoms with Crippen LogP contribution in [0.3, 0.4) is 0 Å². The van der Waals surface area contributed by atoms with Gasteiger partial charge >= 0.3 is 0 Å². The number of carbonyl (C=O) groups excluding carboxylic acids is 1. The molecule has 1 aromatic carbocycles. The quantitative estimate of drug-likeness (QED) is 0.674. The Morgan fingerprint density at radius 3 is 2.72 bits per heavy atom. The number of fused-ring (bicyclic) bond motifs is 1. The van der Waals surface area contributed by atoms with Crippen molar-refractivity contribution in [2.75, 3.05) is 0 Å². The first-order valence-corrected chi connectivity index (χ1v) is 5.51. The summed E-state index contributed by atoms with van der Waals surface area (Å²) in [6.07, 6.45) is 3.33.